The van der Waals surface area contributed by atoms with Gasteiger partial charge in [-0.1, -0.05) is 53.7 Å². The summed E-state index contributed by atoms with van der Waals surface area (Å²) in [7, 11) is 0. The molecule has 1 rings (SSSR count). The molecule has 5 nitrogen and oxygen atoms in total. The third kappa shape index (κ3) is 7.83. The van der Waals surface area contributed by atoms with E-state index in [0.717, 1.165) is 16.7 Å². The third-order valence-electron chi connectivity index (χ3n) is 4.04. The maximum absolute atomic E-state index is 12.2. The minimum atomic E-state index is -0.287. The van der Waals surface area contributed by atoms with Crippen LogP contribution < -0.4 is 0 Å². The molecule has 0 radical (unpaired) electrons. The largest absolute Gasteiger partial charge is 0.507 e. The number of benzene rings is 1. The Labute approximate surface area is 166 Å². The average molecular weight is 397 g/mol. The lowest BCUT2D eigenvalue weighted by atomic mass is 9.78. The van der Waals surface area contributed by atoms with Crippen molar-refractivity contribution in [2.24, 2.45) is 0 Å². The van der Waals surface area contributed by atoms with Crippen molar-refractivity contribution >= 4 is 24.2 Å². The first kappa shape index (κ1) is 23.3. The SMILES string of the molecule is CC(C)(C)c1cc(CC(=O)OCCSCCOC=O)cc(C(C)(C)C)c1O. The van der Waals surface area contributed by atoms with E-state index in [4.69, 9.17) is 4.74 Å². The molecule has 0 aliphatic rings. The van der Waals surface area contributed by atoms with Gasteiger partial charge in [0.1, 0.15) is 19.0 Å². The lowest BCUT2D eigenvalue weighted by Gasteiger charge is -2.28. The fourth-order valence-electron chi connectivity index (χ4n) is 2.63. The number of ether oxygens (including phenoxy) is 2. The Morgan fingerprint density at radius 1 is 1.04 bits per heavy atom. The standard InChI is InChI=1S/C21H32O5S/c1-20(2,3)16-11-15(12-17(19(16)24)21(4,5)6)13-18(23)26-8-10-27-9-7-25-14-22/h11-12,14,24H,7-10,13H2,1-6H3. The highest BCUT2D eigenvalue weighted by Crippen LogP contribution is 2.39. The molecule has 1 N–H and O–H groups in total. The van der Waals surface area contributed by atoms with Crippen LogP contribution in [0.3, 0.4) is 0 Å². The van der Waals surface area contributed by atoms with Gasteiger partial charge in [-0.25, -0.2) is 0 Å². The molecule has 0 aliphatic heterocycles. The molecule has 0 aromatic heterocycles. The maximum Gasteiger partial charge on any atom is 0.310 e. The van der Waals surface area contributed by atoms with Crippen LogP contribution in [0.15, 0.2) is 12.1 Å². The molecule has 0 amide bonds. The Kier molecular flexibility index (Phi) is 8.66. The zero-order valence-corrected chi connectivity index (χ0v) is 18.1. The van der Waals surface area contributed by atoms with Gasteiger partial charge in [-0.2, -0.15) is 11.8 Å². The number of hydrogen-bond donors (Lipinski definition) is 1. The van der Waals surface area contributed by atoms with Crippen molar-refractivity contribution < 1.29 is 24.2 Å². The van der Waals surface area contributed by atoms with Gasteiger partial charge in [0, 0.05) is 11.5 Å². The average Bonchev–Trinajstić information content (AvgIpc) is 2.53. The molecule has 0 spiro atoms. The number of thioether (sulfide) groups is 1. The third-order valence-corrected chi connectivity index (χ3v) is 4.95. The van der Waals surface area contributed by atoms with Crippen molar-refractivity contribution in [1.82, 2.24) is 0 Å². The number of esters is 1. The summed E-state index contributed by atoms with van der Waals surface area (Å²) in [6, 6.07) is 3.80. The van der Waals surface area contributed by atoms with Crippen molar-refractivity contribution in [3.05, 3.63) is 28.8 Å². The second kappa shape index (κ2) is 10.0. The van der Waals surface area contributed by atoms with Crippen LogP contribution >= 0.6 is 11.8 Å². The lowest BCUT2D eigenvalue weighted by Crippen LogP contribution is -2.19. The molecule has 0 heterocycles. The van der Waals surface area contributed by atoms with Crippen molar-refractivity contribution in [2.75, 3.05) is 24.7 Å². The van der Waals surface area contributed by atoms with Crippen LogP contribution in [0.1, 0.15) is 58.2 Å². The minimum Gasteiger partial charge on any atom is -0.507 e. The number of aromatic hydroxyl groups is 1. The van der Waals surface area contributed by atoms with Gasteiger partial charge in [0.2, 0.25) is 0 Å². The first-order chi connectivity index (χ1) is 12.5. The van der Waals surface area contributed by atoms with Crippen LogP contribution in [0, 0.1) is 0 Å². The molecule has 0 atom stereocenters. The van der Waals surface area contributed by atoms with E-state index < -0.39 is 0 Å². The summed E-state index contributed by atoms with van der Waals surface area (Å²) in [6.07, 6.45) is 0.172. The molecule has 0 fully saturated rings. The molecule has 1 aromatic carbocycles. The monoisotopic (exact) mass is 396 g/mol. The fourth-order valence-corrected chi connectivity index (χ4v) is 3.25. The number of rotatable bonds is 9. The highest BCUT2D eigenvalue weighted by atomic mass is 32.2. The summed E-state index contributed by atoms with van der Waals surface area (Å²) in [5.41, 5.74) is 2.06. The summed E-state index contributed by atoms with van der Waals surface area (Å²) >= 11 is 1.56. The maximum atomic E-state index is 12.2. The molecule has 152 valence electrons. The molecule has 1 aromatic rings. The highest BCUT2D eigenvalue weighted by Gasteiger charge is 2.27. The molecule has 27 heavy (non-hydrogen) atoms. The second-order valence-corrected chi connectivity index (χ2v) is 9.74. The molecule has 6 heteroatoms. The quantitative estimate of drug-likeness (QED) is 0.387. The van der Waals surface area contributed by atoms with Crippen LogP contribution in [-0.2, 0) is 36.3 Å². The molecular formula is C21H32O5S. The van der Waals surface area contributed by atoms with Crippen molar-refractivity contribution in [3.8, 4) is 5.75 Å². The Hall–Kier alpha value is -1.69. The van der Waals surface area contributed by atoms with E-state index in [-0.39, 0.29) is 23.2 Å². The molecule has 0 unspecified atom stereocenters. The topological polar surface area (TPSA) is 72.8 Å². The summed E-state index contributed by atoms with van der Waals surface area (Å²) in [5.74, 6) is 1.36. The van der Waals surface area contributed by atoms with Crippen LogP contribution in [0.25, 0.3) is 0 Å². The van der Waals surface area contributed by atoms with E-state index in [9.17, 15) is 14.7 Å². The van der Waals surface area contributed by atoms with E-state index in [1.165, 1.54) is 0 Å². The number of carbonyl (C=O) groups is 2. The first-order valence-electron chi connectivity index (χ1n) is 9.12. The Balaban J connectivity index is 2.76. The fraction of sp³-hybridized carbons (Fsp3) is 0.619. The normalized spacial score (nSPS) is 11.9. The number of phenols is 1. The van der Waals surface area contributed by atoms with Gasteiger partial charge < -0.3 is 14.6 Å². The van der Waals surface area contributed by atoms with Crippen LogP contribution in [0.2, 0.25) is 0 Å². The number of hydrogen-bond acceptors (Lipinski definition) is 6. The van der Waals surface area contributed by atoms with E-state index >= 15 is 0 Å². The van der Waals surface area contributed by atoms with Crippen LogP contribution in [0.4, 0.5) is 0 Å². The first-order valence-corrected chi connectivity index (χ1v) is 10.3. The summed E-state index contributed by atoms with van der Waals surface area (Å²) in [5, 5.41) is 10.7. The van der Waals surface area contributed by atoms with E-state index in [1.807, 2.05) is 53.7 Å². The van der Waals surface area contributed by atoms with Crippen LogP contribution in [0.5, 0.6) is 5.75 Å². The lowest BCUT2D eigenvalue weighted by molar-refractivity contribution is -0.142. The Morgan fingerprint density at radius 2 is 1.56 bits per heavy atom. The summed E-state index contributed by atoms with van der Waals surface area (Å²) < 4.78 is 9.90. The number of phenolic OH excluding ortho intramolecular Hbond substituents is 1. The Morgan fingerprint density at radius 3 is 2.04 bits per heavy atom. The highest BCUT2D eigenvalue weighted by molar-refractivity contribution is 7.99. The minimum absolute atomic E-state index is 0.172. The summed E-state index contributed by atoms with van der Waals surface area (Å²) in [6.45, 7) is 13.4. The van der Waals surface area contributed by atoms with E-state index in [1.54, 1.807) is 11.8 Å². The zero-order chi connectivity index (χ0) is 20.7. The molecule has 0 bridgehead atoms. The van der Waals surface area contributed by atoms with Crippen LogP contribution in [-0.4, -0.2) is 42.3 Å². The van der Waals surface area contributed by atoms with Gasteiger partial charge >= 0.3 is 5.97 Å². The van der Waals surface area contributed by atoms with Gasteiger partial charge in [-0.3, -0.25) is 9.59 Å². The smallest absolute Gasteiger partial charge is 0.310 e. The van der Waals surface area contributed by atoms with Crippen molar-refractivity contribution in [1.29, 1.82) is 0 Å². The van der Waals surface area contributed by atoms with Crippen molar-refractivity contribution in [2.45, 2.75) is 58.8 Å². The van der Waals surface area contributed by atoms with Gasteiger partial charge in [0.25, 0.3) is 6.47 Å². The summed E-state index contributed by atoms with van der Waals surface area (Å²) in [4.78, 5) is 22.2. The van der Waals surface area contributed by atoms with Gasteiger partial charge in [-0.15, -0.1) is 0 Å². The molecular weight excluding hydrogens is 364 g/mol. The van der Waals surface area contributed by atoms with Gasteiger partial charge in [-0.05, 0) is 27.5 Å². The van der Waals surface area contributed by atoms with Gasteiger partial charge in [0.05, 0.1) is 6.42 Å². The predicted octanol–water partition coefficient (Wildman–Crippen LogP) is 3.98. The zero-order valence-electron chi connectivity index (χ0n) is 17.3. The van der Waals surface area contributed by atoms with Gasteiger partial charge in [0.15, 0.2) is 0 Å². The molecule has 0 aliphatic carbocycles. The molecule has 0 saturated heterocycles. The molecule has 0 saturated carbocycles. The van der Waals surface area contributed by atoms with E-state index in [2.05, 4.69) is 4.74 Å². The number of carbonyl (C=O) groups excluding carboxylic acids is 2. The predicted molar refractivity (Wildman–Crippen MR) is 110 cm³/mol. The Bertz CT molecular complexity index is 606. The van der Waals surface area contributed by atoms with E-state index in [0.29, 0.717) is 36.9 Å². The second-order valence-electron chi connectivity index (χ2n) is 8.52. The van der Waals surface area contributed by atoms with Crippen molar-refractivity contribution in [3.63, 3.8) is 0 Å².